The second-order valence-corrected chi connectivity index (χ2v) is 8.58. The zero-order valence-electron chi connectivity index (χ0n) is 18.1. The summed E-state index contributed by atoms with van der Waals surface area (Å²) in [6, 6.07) is 22.4. The largest absolute Gasteiger partial charge is 0.573 e. The molecule has 0 fully saturated rings. The number of fused-ring (bicyclic) bond motifs is 3. The molecule has 0 aliphatic rings. The zero-order chi connectivity index (χ0) is 24.4. The fourth-order valence-electron chi connectivity index (χ4n) is 3.73. The first-order chi connectivity index (χ1) is 16.9. The molecule has 0 amide bonds. The van der Waals surface area contributed by atoms with Crippen LogP contribution < -0.4 is 10.3 Å². The Morgan fingerprint density at radius 1 is 0.971 bits per heavy atom. The molecule has 176 valence electrons. The van der Waals surface area contributed by atoms with Gasteiger partial charge in [0.15, 0.2) is 5.16 Å². The lowest BCUT2D eigenvalue weighted by atomic mass is 10.2. The number of thioether (sulfide) groups is 1. The van der Waals surface area contributed by atoms with Crippen LogP contribution in [0.1, 0.15) is 5.56 Å². The normalized spacial score (nSPS) is 12.1. The molecule has 5 nitrogen and oxygen atoms in total. The Hall–Kier alpha value is -3.98. The van der Waals surface area contributed by atoms with Gasteiger partial charge in [-0.15, -0.1) is 13.2 Å². The van der Waals surface area contributed by atoms with Gasteiger partial charge in [0.2, 0.25) is 0 Å². The number of alkyl halides is 3. The second-order valence-electron chi connectivity index (χ2n) is 7.59. The molecule has 9 heteroatoms. The van der Waals surface area contributed by atoms with E-state index < -0.39 is 6.36 Å². The van der Waals surface area contributed by atoms with E-state index in [9.17, 15) is 18.0 Å². The monoisotopic (exact) mass is 493 g/mol. The molecule has 0 saturated carbocycles. The van der Waals surface area contributed by atoms with Crippen molar-refractivity contribution in [1.29, 1.82) is 0 Å². The molecule has 0 unspecified atom stereocenters. The Labute approximate surface area is 201 Å². The van der Waals surface area contributed by atoms with Gasteiger partial charge in [-0.1, -0.05) is 72.4 Å². The number of ether oxygens (including phenoxy) is 1. The molecule has 5 rings (SSSR count). The van der Waals surface area contributed by atoms with Gasteiger partial charge < -0.3 is 9.72 Å². The summed E-state index contributed by atoms with van der Waals surface area (Å²) in [5.41, 5.74) is 2.74. The van der Waals surface area contributed by atoms with Crippen molar-refractivity contribution in [3.05, 3.63) is 101 Å². The smallest absolute Gasteiger partial charge is 0.406 e. The Morgan fingerprint density at radius 3 is 2.43 bits per heavy atom. The van der Waals surface area contributed by atoms with Crippen LogP contribution in [0.3, 0.4) is 0 Å². The van der Waals surface area contributed by atoms with Gasteiger partial charge in [-0.3, -0.25) is 9.36 Å². The fraction of sp³-hybridized carbons (Fsp3) is 0.0769. The van der Waals surface area contributed by atoms with E-state index in [1.54, 1.807) is 0 Å². The van der Waals surface area contributed by atoms with Crippen LogP contribution in [0.2, 0.25) is 0 Å². The minimum absolute atomic E-state index is 0.325. The average Bonchev–Trinajstić information content (AvgIpc) is 3.22. The number of aromatic amines is 1. The van der Waals surface area contributed by atoms with E-state index in [0.29, 0.717) is 27.6 Å². The third-order valence-corrected chi connectivity index (χ3v) is 6.13. The molecule has 0 bridgehead atoms. The first-order valence-corrected chi connectivity index (χ1v) is 11.6. The molecule has 0 saturated heterocycles. The maximum absolute atomic E-state index is 13.5. The van der Waals surface area contributed by atoms with Gasteiger partial charge in [-0.25, -0.2) is 4.98 Å². The molecule has 0 atom stereocenters. The summed E-state index contributed by atoms with van der Waals surface area (Å²) in [5.74, 6) is 0.165. The lowest BCUT2D eigenvalue weighted by Gasteiger charge is -2.13. The summed E-state index contributed by atoms with van der Waals surface area (Å²) in [4.78, 5) is 21.4. The molecule has 0 aliphatic heterocycles. The Balaban J connectivity index is 1.56. The van der Waals surface area contributed by atoms with Gasteiger partial charge in [-0.05, 0) is 35.9 Å². The van der Waals surface area contributed by atoms with E-state index in [-0.39, 0.29) is 11.3 Å². The van der Waals surface area contributed by atoms with E-state index in [1.165, 1.54) is 40.6 Å². The Bertz CT molecular complexity index is 1570. The minimum atomic E-state index is -4.80. The van der Waals surface area contributed by atoms with Crippen molar-refractivity contribution in [2.24, 2.45) is 0 Å². The third-order valence-electron chi connectivity index (χ3n) is 5.24. The molecule has 1 N–H and O–H groups in total. The maximum atomic E-state index is 13.5. The number of nitrogens with one attached hydrogen (secondary N) is 1. The molecule has 2 aromatic heterocycles. The predicted octanol–water partition coefficient (Wildman–Crippen LogP) is 6.57. The maximum Gasteiger partial charge on any atom is 0.573 e. The number of benzene rings is 3. The first kappa shape index (κ1) is 22.8. The topological polar surface area (TPSA) is 59.9 Å². The molecular weight excluding hydrogens is 475 g/mol. The number of hydrogen-bond donors (Lipinski definition) is 1. The van der Waals surface area contributed by atoms with Crippen molar-refractivity contribution in [2.45, 2.75) is 11.5 Å². The van der Waals surface area contributed by atoms with Gasteiger partial charge in [0.25, 0.3) is 5.56 Å². The number of rotatable bonds is 6. The minimum Gasteiger partial charge on any atom is -0.406 e. The van der Waals surface area contributed by atoms with Crippen LogP contribution in [0, 0.1) is 0 Å². The second kappa shape index (κ2) is 9.34. The number of hydrogen-bond acceptors (Lipinski definition) is 4. The Kier molecular flexibility index (Phi) is 6.08. The van der Waals surface area contributed by atoms with Crippen molar-refractivity contribution in [2.75, 3.05) is 5.75 Å². The van der Waals surface area contributed by atoms with Gasteiger partial charge in [-0.2, -0.15) is 0 Å². The molecule has 0 aliphatic carbocycles. The summed E-state index contributed by atoms with van der Waals surface area (Å²) in [5, 5.41) is 1.25. The van der Waals surface area contributed by atoms with E-state index in [4.69, 9.17) is 4.98 Å². The van der Waals surface area contributed by atoms with Crippen LogP contribution in [0.25, 0.3) is 33.7 Å². The van der Waals surface area contributed by atoms with E-state index >= 15 is 0 Å². The highest BCUT2D eigenvalue weighted by atomic mass is 32.2. The highest BCUT2D eigenvalue weighted by Gasteiger charge is 2.31. The Morgan fingerprint density at radius 2 is 1.69 bits per heavy atom. The van der Waals surface area contributed by atoms with Gasteiger partial charge in [0, 0.05) is 16.7 Å². The van der Waals surface area contributed by atoms with Crippen LogP contribution >= 0.6 is 11.8 Å². The lowest BCUT2D eigenvalue weighted by molar-refractivity contribution is -0.274. The lowest BCUT2D eigenvalue weighted by Crippen LogP contribution is -2.22. The first-order valence-electron chi connectivity index (χ1n) is 10.6. The molecule has 3 aromatic carbocycles. The SMILES string of the molecule is O=c1c2[nH]c3ccccc3c2nc(SC/C=C/c2ccccc2)n1-c1ccc(OC(F)(F)F)cc1. The highest BCUT2D eigenvalue weighted by Crippen LogP contribution is 2.28. The van der Waals surface area contributed by atoms with E-state index in [0.717, 1.165) is 16.5 Å². The summed E-state index contributed by atoms with van der Waals surface area (Å²) in [6.07, 6.45) is -0.853. The van der Waals surface area contributed by atoms with Gasteiger partial charge >= 0.3 is 6.36 Å². The number of nitrogens with zero attached hydrogens (tertiary/aromatic N) is 2. The van der Waals surface area contributed by atoms with Crippen molar-refractivity contribution in [3.8, 4) is 11.4 Å². The third kappa shape index (κ3) is 4.95. The molecule has 35 heavy (non-hydrogen) atoms. The zero-order valence-corrected chi connectivity index (χ0v) is 18.9. The van der Waals surface area contributed by atoms with E-state index in [2.05, 4.69) is 9.72 Å². The van der Waals surface area contributed by atoms with Crippen LogP contribution in [0.15, 0.2) is 94.9 Å². The molecule has 0 spiro atoms. The van der Waals surface area contributed by atoms with E-state index in [1.807, 2.05) is 66.7 Å². The quantitative estimate of drug-likeness (QED) is 0.215. The molecule has 2 heterocycles. The number of aromatic nitrogens is 3. The van der Waals surface area contributed by atoms with Crippen LogP contribution in [-0.4, -0.2) is 26.7 Å². The summed E-state index contributed by atoms with van der Waals surface area (Å²) >= 11 is 1.36. The number of halogens is 3. The number of H-pyrrole nitrogens is 1. The molecule has 5 aromatic rings. The standard InChI is InChI=1S/C26H18F3N3O2S/c27-26(28,29)34-19-14-12-18(13-15-19)32-24(33)23-22(20-10-4-5-11-21(20)30-23)31-25(32)35-16-6-9-17-7-2-1-3-8-17/h1-15,30H,16H2/b9-6+. The van der Waals surface area contributed by atoms with Crippen LogP contribution in [-0.2, 0) is 0 Å². The van der Waals surface area contributed by atoms with Crippen molar-refractivity contribution < 1.29 is 17.9 Å². The van der Waals surface area contributed by atoms with Crippen molar-refractivity contribution in [3.63, 3.8) is 0 Å². The fourth-order valence-corrected chi connectivity index (χ4v) is 4.55. The molecular formula is C26H18F3N3O2S. The van der Waals surface area contributed by atoms with Crippen LogP contribution in [0.4, 0.5) is 13.2 Å². The van der Waals surface area contributed by atoms with Crippen molar-refractivity contribution >= 4 is 39.8 Å². The van der Waals surface area contributed by atoms with Crippen molar-refractivity contribution in [1.82, 2.24) is 14.5 Å². The summed E-state index contributed by atoms with van der Waals surface area (Å²) in [6.45, 7) is 0. The summed E-state index contributed by atoms with van der Waals surface area (Å²) in [7, 11) is 0. The van der Waals surface area contributed by atoms with Crippen LogP contribution in [0.5, 0.6) is 5.75 Å². The number of para-hydroxylation sites is 1. The van der Waals surface area contributed by atoms with Gasteiger partial charge in [0.1, 0.15) is 16.8 Å². The molecule has 0 radical (unpaired) electrons. The van der Waals surface area contributed by atoms with Gasteiger partial charge in [0.05, 0.1) is 5.69 Å². The summed E-state index contributed by atoms with van der Waals surface area (Å²) < 4.78 is 43.0. The average molecular weight is 494 g/mol. The predicted molar refractivity (Wildman–Crippen MR) is 132 cm³/mol. The highest BCUT2D eigenvalue weighted by molar-refractivity contribution is 7.99.